The first-order chi connectivity index (χ1) is 18.4. The van der Waals surface area contributed by atoms with Gasteiger partial charge in [-0.1, -0.05) is 125 Å². The average Bonchev–Trinajstić information content (AvgIpc) is 3.43. The van der Waals surface area contributed by atoms with Crippen LogP contribution in [0.4, 0.5) is 0 Å². The maximum atomic E-state index is 7.47. The SMILES string of the molecule is CC(C)CC(CC(C)C)(OP(c1ccccc1)c1ccccc1)[C@@H]1COC(c2cccc3ccccc23)=N1. The van der Waals surface area contributed by atoms with Gasteiger partial charge in [-0.05, 0) is 41.5 Å². The van der Waals surface area contributed by atoms with Crippen LogP contribution in [0.3, 0.4) is 0 Å². The molecule has 0 fully saturated rings. The molecule has 0 spiro atoms. The Labute approximate surface area is 228 Å². The molecule has 0 unspecified atom stereocenters. The Morgan fingerprint density at radius 1 is 0.763 bits per heavy atom. The second kappa shape index (κ2) is 11.8. The highest BCUT2D eigenvalue weighted by Crippen LogP contribution is 2.48. The van der Waals surface area contributed by atoms with E-state index in [9.17, 15) is 0 Å². The van der Waals surface area contributed by atoms with Crippen molar-refractivity contribution in [3.8, 4) is 0 Å². The van der Waals surface area contributed by atoms with Crippen LogP contribution in [-0.4, -0.2) is 24.1 Å². The summed E-state index contributed by atoms with van der Waals surface area (Å²) in [6.45, 7) is 9.69. The van der Waals surface area contributed by atoms with Crippen molar-refractivity contribution in [3.63, 3.8) is 0 Å². The van der Waals surface area contributed by atoms with Crippen molar-refractivity contribution in [3.05, 3.63) is 109 Å². The van der Waals surface area contributed by atoms with E-state index in [-0.39, 0.29) is 6.04 Å². The molecule has 0 N–H and O–H groups in total. The van der Waals surface area contributed by atoms with Gasteiger partial charge in [0, 0.05) is 16.2 Å². The van der Waals surface area contributed by atoms with E-state index in [0.717, 1.165) is 24.3 Å². The molecule has 0 saturated carbocycles. The minimum atomic E-state index is -1.04. The molecule has 0 bridgehead atoms. The molecule has 1 atom stereocenters. The maximum Gasteiger partial charge on any atom is 0.217 e. The van der Waals surface area contributed by atoms with Crippen LogP contribution in [0.5, 0.6) is 0 Å². The number of aliphatic imine (C=N–C) groups is 1. The van der Waals surface area contributed by atoms with Crippen molar-refractivity contribution in [2.24, 2.45) is 16.8 Å². The van der Waals surface area contributed by atoms with Crippen molar-refractivity contribution in [1.29, 1.82) is 0 Å². The average molecular weight is 524 g/mol. The van der Waals surface area contributed by atoms with Gasteiger partial charge >= 0.3 is 0 Å². The molecule has 1 aliphatic rings. The van der Waals surface area contributed by atoms with Crippen molar-refractivity contribution >= 4 is 35.4 Å². The molecular formula is C34H38NO2P. The minimum Gasteiger partial charge on any atom is -0.475 e. The zero-order chi connectivity index (χ0) is 26.5. The topological polar surface area (TPSA) is 30.8 Å². The Balaban J connectivity index is 1.59. The predicted octanol–water partition coefficient (Wildman–Crippen LogP) is 7.88. The van der Waals surface area contributed by atoms with E-state index in [4.69, 9.17) is 14.3 Å². The lowest BCUT2D eigenvalue weighted by molar-refractivity contribution is 0.00892. The lowest BCUT2D eigenvalue weighted by atomic mass is 9.80. The number of nitrogens with zero attached hydrogens (tertiary/aromatic N) is 1. The van der Waals surface area contributed by atoms with Crippen LogP contribution in [0.15, 0.2) is 108 Å². The molecule has 4 heteroatoms. The summed E-state index contributed by atoms with van der Waals surface area (Å²) >= 11 is 0. The summed E-state index contributed by atoms with van der Waals surface area (Å²) in [7, 11) is -1.04. The van der Waals surface area contributed by atoms with Crippen molar-refractivity contribution in [2.45, 2.75) is 52.2 Å². The molecule has 0 amide bonds. The normalized spacial score (nSPS) is 15.9. The smallest absolute Gasteiger partial charge is 0.217 e. The fraction of sp³-hybridized carbons (Fsp3) is 0.324. The molecule has 4 aromatic carbocycles. The second-order valence-electron chi connectivity index (χ2n) is 11.1. The van der Waals surface area contributed by atoms with E-state index in [1.165, 1.54) is 21.4 Å². The fourth-order valence-corrected chi connectivity index (χ4v) is 7.67. The first-order valence-corrected chi connectivity index (χ1v) is 15.0. The van der Waals surface area contributed by atoms with Gasteiger partial charge in [0.25, 0.3) is 0 Å². The van der Waals surface area contributed by atoms with Gasteiger partial charge in [0.2, 0.25) is 5.90 Å². The van der Waals surface area contributed by atoms with Gasteiger partial charge in [-0.25, -0.2) is 4.99 Å². The van der Waals surface area contributed by atoms with Crippen molar-refractivity contribution in [1.82, 2.24) is 0 Å². The highest BCUT2D eigenvalue weighted by molar-refractivity contribution is 7.68. The van der Waals surface area contributed by atoms with Gasteiger partial charge in [0.15, 0.2) is 0 Å². The van der Waals surface area contributed by atoms with Gasteiger partial charge in [0.1, 0.15) is 12.6 Å². The number of benzene rings is 4. The highest BCUT2D eigenvalue weighted by Gasteiger charge is 2.46. The summed E-state index contributed by atoms with van der Waals surface area (Å²) in [5.74, 6) is 1.64. The Hall–Kier alpha value is -3.00. The standard InChI is InChI=1S/C34H38NO2P/c1-25(2)22-34(23-26(3)4,37-38(28-16-7-5-8-17-28)29-18-9-6-10-19-29)32-24-36-33(35-32)31-21-13-15-27-14-11-12-20-30(27)31/h5-21,25-26,32H,22-24H2,1-4H3/t32-/m0/s1. The monoisotopic (exact) mass is 523 g/mol. The quantitative estimate of drug-likeness (QED) is 0.198. The second-order valence-corrected chi connectivity index (χ2v) is 12.9. The third-order valence-electron chi connectivity index (χ3n) is 7.04. The third-order valence-corrected chi connectivity index (χ3v) is 9.12. The van der Waals surface area contributed by atoms with Crippen LogP contribution < -0.4 is 10.6 Å². The van der Waals surface area contributed by atoms with Gasteiger partial charge < -0.3 is 9.26 Å². The van der Waals surface area contributed by atoms with E-state index < -0.39 is 13.7 Å². The molecule has 0 aliphatic carbocycles. The summed E-state index contributed by atoms with van der Waals surface area (Å²) < 4.78 is 13.9. The Morgan fingerprint density at radius 2 is 1.32 bits per heavy atom. The molecular weight excluding hydrogens is 485 g/mol. The van der Waals surface area contributed by atoms with Gasteiger partial charge in [-0.2, -0.15) is 0 Å². The van der Waals surface area contributed by atoms with Crippen LogP contribution in [0.25, 0.3) is 10.8 Å². The first-order valence-electron chi connectivity index (χ1n) is 13.7. The Bertz CT molecular complexity index is 1310. The summed E-state index contributed by atoms with van der Waals surface area (Å²) in [6, 6.07) is 36.1. The van der Waals surface area contributed by atoms with Crippen LogP contribution in [0.1, 0.15) is 46.1 Å². The number of hydrogen-bond donors (Lipinski definition) is 0. The van der Waals surface area contributed by atoms with Crippen LogP contribution in [0.2, 0.25) is 0 Å². The molecule has 0 aromatic heterocycles. The Kier molecular flexibility index (Phi) is 8.27. The molecule has 0 radical (unpaired) electrons. The van der Waals surface area contributed by atoms with Crippen molar-refractivity contribution in [2.75, 3.05) is 6.61 Å². The molecule has 1 heterocycles. The lowest BCUT2D eigenvalue weighted by Gasteiger charge is -2.42. The van der Waals surface area contributed by atoms with E-state index in [0.29, 0.717) is 18.4 Å². The molecule has 3 nitrogen and oxygen atoms in total. The minimum absolute atomic E-state index is 0.0845. The zero-order valence-corrected chi connectivity index (χ0v) is 23.8. The lowest BCUT2D eigenvalue weighted by Crippen LogP contribution is -2.47. The third kappa shape index (κ3) is 5.85. The first kappa shape index (κ1) is 26.6. The molecule has 5 rings (SSSR count). The zero-order valence-electron chi connectivity index (χ0n) is 22.9. The number of hydrogen-bond acceptors (Lipinski definition) is 3. The predicted molar refractivity (Wildman–Crippen MR) is 162 cm³/mol. The van der Waals surface area contributed by atoms with E-state index in [1.807, 2.05) is 0 Å². The molecule has 0 saturated heterocycles. The van der Waals surface area contributed by atoms with Crippen LogP contribution in [0, 0.1) is 11.8 Å². The summed E-state index contributed by atoms with van der Waals surface area (Å²) in [4.78, 5) is 5.31. The highest BCUT2D eigenvalue weighted by atomic mass is 31.1. The van der Waals surface area contributed by atoms with Gasteiger partial charge in [0.05, 0.1) is 13.7 Å². The fourth-order valence-electron chi connectivity index (χ4n) is 5.64. The maximum absolute atomic E-state index is 7.47. The molecule has 196 valence electrons. The van der Waals surface area contributed by atoms with Crippen molar-refractivity contribution < 1.29 is 9.26 Å². The van der Waals surface area contributed by atoms with E-state index in [2.05, 4.69) is 131 Å². The number of ether oxygens (including phenoxy) is 1. The van der Waals surface area contributed by atoms with E-state index in [1.54, 1.807) is 0 Å². The molecule has 4 aromatic rings. The molecule has 38 heavy (non-hydrogen) atoms. The van der Waals surface area contributed by atoms with Crippen LogP contribution >= 0.6 is 8.15 Å². The van der Waals surface area contributed by atoms with E-state index >= 15 is 0 Å². The Morgan fingerprint density at radius 3 is 1.92 bits per heavy atom. The van der Waals surface area contributed by atoms with Crippen LogP contribution in [-0.2, 0) is 9.26 Å². The number of rotatable bonds is 10. The summed E-state index contributed by atoms with van der Waals surface area (Å²) in [5, 5.41) is 4.82. The van der Waals surface area contributed by atoms with Gasteiger partial charge in [-0.15, -0.1) is 0 Å². The summed E-state index contributed by atoms with van der Waals surface area (Å²) in [6.07, 6.45) is 1.84. The number of fused-ring (bicyclic) bond motifs is 1. The summed E-state index contributed by atoms with van der Waals surface area (Å²) in [5.41, 5.74) is 0.605. The van der Waals surface area contributed by atoms with Gasteiger partial charge in [-0.3, -0.25) is 0 Å². The molecule has 1 aliphatic heterocycles. The largest absolute Gasteiger partial charge is 0.475 e.